The highest BCUT2D eigenvalue weighted by atomic mass is 32.2. The van der Waals surface area contributed by atoms with Crippen molar-refractivity contribution in [3.63, 3.8) is 0 Å². The van der Waals surface area contributed by atoms with Crippen molar-refractivity contribution in [3.05, 3.63) is 5.89 Å². The van der Waals surface area contributed by atoms with E-state index in [0.29, 0.717) is 23.4 Å². The third kappa shape index (κ3) is 2.74. The van der Waals surface area contributed by atoms with Crippen molar-refractivity contribution < 1.29 is 12.8 Å². The van der Waals surface area contributed by atoms with E-state index in [0.717, 1.165) is 51.3 Å². The zero-order chi connectivity index (χ0) is 15.2. The van der Waals surface area contributed by atoms with Crippen LogP contribution in [0.25, 0.3) is 0 Å². The summed E-state index contributed by atoms with van der Waals surface area (Å²) >= 11 is 0. The zero-order valence-corrected chi connectivity index (χ0v) is 13.5. The molecule has 2 aliphatic heterocycles. The SMILES string of the molecule is O=S1(=O)CC[C@H](N2CCN(c3nnc(C4CCC4)o3)CC2)C1. The third-order valence-electron chi connectivity index (χ3n) is 5.19. The van der Waals surface area contributed by atoms with Gasteiger partial charge in [-0.25, -0.2) is 8.42 Å². The monoisotopic (exact) mass is 326 g/mol. The number of nitrogens with zero attached hydrogens (tertiary/aromatic N) is 4. The summed E-state index contributed by atoms with van der Waals surface area (Å²) in [4.78, 5) is 4.42. The Morgan fingerprint density at radius 2 is 1.82 bits per heavy atom. The van der Waals surface area contributed by atoms with Crippen molar-refractivity contribution in [1.82, 2.24) is 15.1 Å². The van der Waals surface area contributed by atoms with Crippen molar-refractivity contribution in [3.8, 4) is 0 Å². The fourth-order valence-corrected chi connectivity index (χ4v) is 5.28. The van der Waals surface area contributed by atoms with E-state index in [1.807, 2.05) is 0 Å². The smallest absolute Gasteiger partial charge is 0.318 e. The molecule has 1 aliphatic carbocycles. The van der Waals surface area contributed by atoms with E-state index in [1.165, 1.54) is 6.42 Å². The molecule has 0 amide bonds. The second-order valence-corrected chi connectivity index (χ2v) is 8.86. The van der Waals surface area contributed by atoms with Gasteiger partial charge in [-0.1, -0.05) is 11.5 Å². The quantitative estimate of drug-likeness (QED) is 0.806. The molecule has 0 radical (unpaired) electrons. The Morgan fingerprint density at radius 3 is 2.41 bits per heavy atom. The first-order chi connectivity index (χ1) is 10.6. The molecule has 1 aromatic rings. The average Bonchev–Trinajstić information content (AvgIpc) is 3.04. The van der Waals surface area contributed by atoms with Crippen LogP contribution in [-0.2, 0) is 9.84 Å². The number of hydrogen-bond donors (Lipinski definition) is 0. The summed E-state index contributed by atoms with van der Waals surface area (Å²) in [6, 6.07) is 0.820. The van der Waals surface area contributed by atoms with E-state index in [1.54, 1.807) is 0 Å². The molecule has 3 heterocycles. The molecule has 7 nitrogen and oxygen atoms in total. The van der Waals surface area contributed by atoms with Crippen LogP contribution in [0.2, 0.25) is 0 Å². The van der Waals surface area contributed by atoms with E-state index >= 15 is 0 Å². The van der Waals surface area contributed by atoms with Crippen LogP contribution in [0.1, 0.15) is 37.5 Å². The van der Waals surface area contributed by atoms with Crippen LogP contribution in [0.15, 0.2) is 4.42 Å². The lowest BCUT2D eigenvalue weighted by molar-refractivity contribution is 0.197. The van der Waals surface area contributed by atoms with Gasteiger partial charge in [0, 0.05) is 38.1 Å². The standard InChI is InChI=1S/C14H22N4O3S/c19-22(20)9-4-12(10-22)17-5-7-18(8-6-17)14-16-15-13(21-14)11-2-1-3-11/h11-12H,1-10H2/t12-/m0/s1. The number of rotatable bonds is 3. The Balaban J connectivity index is 1.34. The maximum absolute atomic E-state index is 11.6. The minimum atomic E-state index is -2.81. The predicted molar refractivity (Wildman–Crippen MR) is 81.7 cm³/mol. The first-order valence-electron chi connectivity index (χ1n) is 8.13. The van der Waals surface area contributed by atoms with E-state index in [2.05, 4.69) is 20.0 Å². The summed E-state index contributed by atoms with van der Waals surface area (Å²) in [7, 11) is -2.81. The fourth-order valence-electron chi connectivity index (χ4n) is 3.52. The first-order valence-corrected chi connectivity index (χ1v) is 9.96. The Hall–Kier alpha value is -1.15. The lowest BCUT2D eigenvalue weighted by Gasteiger charge is -2.36. The van der Waals surface area contributed by atoms with Crippen LogP contribution in [0.4, 0.5) is 6.01 Å². The van der Waals surface area contributed by atoms with Crippen LogP contribution < -0.4 is 4.90 Å². The Bertz CT molecular complexity index is 632. The Kier molecular flexibility index (Phi) is 3.60. The summed E-state index contributed by atoms with van der Waals surface area (Å²) in [6.45, 7) is 3.37. The zero-order valence-electron chi connectivity index (χ0n) is 12.6. The number of aromatic nitrogens is 2. The summed E-state index contributed by atoms with van der Waals surface area (Å²) in [5.74, 6) is 1.91. The lowest BCUT2D eigenvalue weighted by atomic mass is 9.85. The summed E-state index contributed by atoms with van der Waals surface area (Å²) < 4.78 is 29.0. The van der Waals surface area contributed by atoms with Crippen molar-refractivity contribution in [2.75, 3.05) is 42.6 Å². The molecule has 3 aliphatic rings. The molecule has 1 saturated carbocycles. The summed E-state index contributed by atoms with van der Waals surface area (Å²) in [6.07, 6.45) is 4.34. The van der Waals surface area contributed by atoms with Crippen molar-refractivity contribution in [2.45, 2.75) is 37.6 Å². The molecule has 1 aromatic heterocycles. The molecule has 3 fully saturated rings. The fraction of sp³-hybridized carbons (Fsp3) is 0.857. The highest BCUT2D eigenvalue weighted by Crippen LogP contribution is 2.36. The van der Waals surface area contributed by atoms with Gasteiger partial charge in [0.1, 0.15) is 0 Å². The number of sulfone groups is 1. The Labute approximate surface area is 130 Å². The maximum Gasteiger partial charge on any atom is 0.318 e. The van der Waals surface area contributed by atoms with Gasteiger partial charge in [-0.15, -0.1) is 5.10 Å². The van der Waals surface area contributed by atoms with Gasteiger partial charge in [-0.3, -0.25) is 4.90 Å². The molecule has 0 aromatic carbocycles. The molecular weight excluding hydrogens is 304 g/mol. The molecule has 122 valence electrons. The molecule has 0 N–H and O–H groups in total. The van der Waals surface area contributed by atoms with Gasteiger partial charge >= 0.3 is 6.01 Å². The minimum Gasteiger partial charge on any atom is -0.408 e. The molecule has 0 unspecified atom stereocenters. The second kappa shape index (κ2) is 5.49. The normalized spacial score (nSPS) is 29.6. The lowest BCUT2D eigenvalue weighted by Crippen LogP contribution is -2.50. The minimum absolute atomic E-state index is 0.195. The number of hydrogen-bond acceptors (Lipinski definition) is 7. The average molecular weight is 326 g/mol. The van der Waals surface area contributed by atoms with Gasteiger partial charge in [-0.2, -0.15) is 0 Å². The molecule has 4 rings (SSSR count). The van der Waals surface area contributed by atoms with Crippen LogP contribution >= 0.6 is 0 Å². The van der Waals surface area contributed by atoms with Crippen LogP contribution in [0.5, 0.6) is 0 Å². The van der Waals surface area contributed by atoms with E-state index in [4.69, 9.17) is 4.42 Å². The highest BCUT2D eigenvalue weighted by molar-refractivity contribution is 7.91. The molecule has 2 saturated heterocycles. The van der Waals surface area contributed by atoms with Gasteiger partial charge < -0.3 is 9.32 Å². The first kappa shape index (κ1) is 14.4. The van der Waals surface area contributed by atoms with Gasteiger partial charge in [0.25, 0.3) is 0 Å². The van der Waals surface area contributed by atoms with Gasteiger partial charge in [0.15, 0.2) is 9.84 Å². The van der Waals surface area contributed by atoms with E-state index in [-0.39, 0.29) is 6.04 Å². The molecule has 0 spiro atoms. The predicted octanol–water partition coefficient (Wildman–Crippen LogP) is 0.646. The van der Waals surface area contributed by atoms with Gasteiger partial charge in [0.2, 0.25) is 5.89 Å². The largest absolute Gasteiger partial charge is 0.408 e. The molecular formula is C14H22N4O3S. The van der Waals surface area contributed by atoms with Crippen molar-refractivity contribution in [2.24, 2.45) is 0 Å². The molecule has 0 bridgehead atoms. The molecule has 22 heavy (non-hydrogen) atoms. The van der Waals surface area contributed by atoms with E-state index in [9.17, 15) is 8.42 Å². The Morgan fingerprint density at radius 1 is 1.05 bits per heavy atom. The summed E-state index contributed by atoms with van der Waals surface area (Å²) in [5, 5.41) is 8.36. The van der Waals surface area contributed by atoms with Crippen LogP contribution in [0.3, 0.4) is 0 Å². The number of piperazine rings is 1. The summed E-state index contributed by atoms with van der Waals surface area (Å²) in [5.41, 5.74) is 0. The van der Waals surface area contributed by atoms with Gasteiger partial charge in [0.05, 0.1) is 11.5 Å². The molecule has 1 atom stereocenters. The van der Waals surface area contributed by atoms with Crippen molar-refractivity contribution in [1.29, 1.82) is 0 Å². The van der Waals surface area contributed by atoms with Crippen LogP contribution in [-0.4, -0.2) is 67.2 Å². The van der Waals surface area contributed by atoms with E-state index < -0.39 is 9.84 Å². The third-order valence-corrected chi connectivity index (χ3v) is 6.94. The topological polar surface area (TPSA) is 79.5 Å². The van der Waals surface area contributed by atoms with Crippen molar-refractivity contribution >= 4 is 15.9 Å². The number of anilines is 1. The maximum atomic E-state index is 11.6. The second-order valence-electron chi connectivity index (χ2n) is 6.63. The molecule has 8 heteroatoms. The van der Waals surface area contributed by atoms with Gasteiger partial charge in [-0.05, 0) is 19.3 Å². The highest BCUT2D eigenvalue weighted by Gasteiger charge is 2.34. The van der Waals surface area contributed by atoms with Crippen LogP contribution in [0, 0.1) is 0 Å².